The molecule has 60 valence electrons. The summed E-state index contributed by atoms with van der Waals surface area (Å²) >= 11 is 0. The average Bonchev–Trinajstić information content (AvgIpc) is 2.04. The summed E-state index contributed by atoms with van der Waals surface area (Å²) < 4.78 is 9.61. The monoisotopic (exact) mass is 164 g/mol. The number of rotatable bonds is 0. The molecular formula is C8H4O4. The lowest BCUT2D eigenvalue weighted by molar-refractivity contribution is 0.460. The van der Waals surface area contributed by atoms with Crippen molar-refractivity contribution in [3.8, 4) is 0 Å². The van der Waals surface area contributed by atoms with E-state index in [1.165, 1.54) is 24.7 Å². The highest BCUT2D eigenvalue weighted by molar-refractivity contribution is 5.69. The van der Waals surface area contributed by atoms with Gasteiger partial charge in [0.25, 0.3) is 0 Å². The van der Waals surface area contributed by atoms with Crippen LogP contribution in [0.3, 0.4) is 0 Å². The highest BCUT2D eigenvalue weighted by atomic mass is 16.5. The van der Waals surface area contributed by atoms with Crippen LogP contribution in [0.15, 0.2) is 43.1 Å². The van der Waals surface area contributed by atoms with Crippen LogP contribution in [0.25, 0.3) is 11.2 Å². The van der Waals surface area contributed by atoms with Crippen molar-refractivity contribution >= 4 is 11.2 Å². The van der Waals surface area contributed by atoms with Crippen molar-refractivity contribution in [1.29, 1.82) is 0 Å². The predicted octanol–water partition coefficient (Wildman–Crippen LogP) is 0.746. The van der Waals surface area contributed by atoms with Gasteiger partial charge in [-0.3, -0.25) is 9.59 Å². The van der Waals surface area contributed by atoms with Crippen molar-refractivity contribution < 1.29 is 8.83 Å². The Labute approximate surface area is 66.0 Å². The average molecular weight is 164 g/mol. The minimum Gasteiger partial charge on any atom is -0.433 e. The van der Waals surface area contributed by atoms with Gasteiger partial charge in [-0.05, 0) is 0 Å². The molecule has 2 rings (SSSR count). The lowest BCUT2D eigenvalue weighted by Gasteiger charge is -1.89. The lowest BCUT2D eigenvalue weighted by Crippen LogP contribution is -2.10. The van der Waals surface area contributed by atoms with Crippen molar-refractivity contribution in [1.82, 2.24) is 0 Å². The number of hydrogen-bond donors (Lipinski definition) is 0. The quantitative estimate of drug-likeness (QED) is 0.576. The Morgan fingerprint density at radius 2 is 1.42 bits per heavy atom. The highest BCUT2D eigenvalue weighted by Crippen LogP contribution is 2.02. The van der Waals surface area contributed by atoms with Gasteiger partial charge in [0, 0.05) is 12.1 Å². The van der Waals surface area contributed by atoms with E-state index in [0.717, 1.165) is 0 Å². The van der Waals surface area contributed by atoms with Crippen LogP contribution in [-0.4, -0.2) is 0 Å². The molecule has 0 fully saturated rings. The second kappa shape index (κ2) is 2.34. The van der Waals surface area contributed by atoms with Crippen LogP contribution in [0.4, 0.5) is 0 Å². The summed E-state index contributed by atoms with van der Waals surface area (Å²) in [6.07, 6.45) is 2.38. The smallest absolute Gasteiger partial charge is 0.304 e. The van der Waals surface area contributed by atoms with Gasteiger partial charge in [0.1, 0.15) is 0 Å². The summed E-state index contributed by atoms with van der Waals surface area (Å²) in [6.45, 7) is 0. The van der Waals surface area contributed by atoms with E-state index in [1.807, 2.05) is 0 Å². The van der Waals surface area contributed by atoms with Crippen LogP contribution in [0, 0.1) is 0 Å². The molecule has 4 heteroatoms. The molecule has 0 N–H and O–H groups in total. The normalized spacial score (nSPS) is 10.3. The molecule has 0 aromatic carbocycles. The fourth-order valence-electron chi connectivity index (χ4n) is 0.950. The zero-order chi connectivity index (χ0) is 8.55. The molecule has 12 heavy (non-hydrogen) atoms. The first-order valence-electron chi connectivity index (χ1n) is 3.28. The van der Waals surface area contributed by atoms with E-state index in [0.29, 0.717) is 0 Å². The van der Waals surface area contributed by atoms with E-state index in [-0.39, 0.29) is 22.0 Å². The Hall–Kier alpha value is -1.84. The summed E-state index contributed by atoms with van der Waals surface area (Å²) in [5.74, 6) is -0.0324. The van der Waals surface area contributed by atoms with Crippen molar-refractivity contribution in [2.45, 2.75) is 0 Å². The maximum atomic E-state index is 11.1. The Kier molecular flexibility index (Phi) is 1.33. The van der Waals surface area contributed by atoms with Gasteiger partial charge < -0.3 is 8.83 Å². The second-order valence-corrected chi connectivity index (χ2v) is 2.23. The minimum absolute atomic E-state index is 0.0324. The molecule has 0 bridgehead atoms. The van der Waals surface area contributed by atoms with Crippen LogP contribution in [0.1, 0.15) is 0 Å². The van der Waals surface area contributed by atoms with Crippen LogP contribution in [0.2, 0.25) is 0 Å². The fourth-order valence-corrected chi connectivity index (χ4v) is 0.950. The van der Waals surface area contributed by atoms with Gasteiger partial charge in [-0.1, -0.05) is 0 Å². The third-order valence-corrected chi connectivity index (χ3v) is 1.49. The molecule has 0 atom stereocenters. The molecule has 0 unspecified atom stereocenters. The zero-order valence-electron chi connectivity index (χ0n) is 5.94. The van der Waals surface area contributed by atoms with E-state index in [2.05, 4.69) is 0 Å². The maximum Gasteiger partial charge on any atom is 0.304 e. The topological polar surface area (TPSA) is 60.4 Å². The number of fused-ring (bicyclic) bond motifs is 1. The van der Waals surface area contributed by atoms with E-state index in [4.69, 9.17) is 8.83 Å². The van der Waals surface area contributed by atoms with Gasteiger partial charge in [0.05, 0.1) is 12.5 Å². The summed E-state index contributed by atoms with van der Waals surface area (Å²) in [4.78, 5) is 22.2. The van der Waals surface area contributed by atoms with Crippen LogP contribution >= 0.6 is 0 Å². The maximum absolute atomic E-state index is 11.1. The predicted molar refractivity (Wildman–Crippen MR) is 41.0 cm³/mol. The van der Waals surface area contributed by atoms with Gasteiger partial charge >= 0.3 is 5.78 Å². The molecule has 0 saturated carbocycles. The van der Waals surface area contributed by atoms with Crippen molar-refractivity contribution in [3.05, 3.63) is 45.1 Å². The Balaban J connectivity index is 3.18. The number of hydrogen-bond acceptors (Lipinski definition) is 4. The van der Waals surface area contributed by atoms with Gasteiger partial charge in [-0.2, -0.15) is 0 Å². The molecule has 0 aliphatic heterocycles. The Morgan fingerprint density at radius 3 is 1.83 bits per heavy atom. The van der Waals surface area contributed by atoms with Crippen LogP contribution in [-0.2, 0) is 0 Å². The summed E-state index contributed by atoms with van der Waals surface area (Å²) in [5.41, 5.74) is -0.767. The molecule has 2 aromatic heterocycles. The first-order chi connectivity index (χ1) is 5.79. The molecule has 0 aliphatic rings. The third kappa shape index (κ3) is 0.852. The molecular weight excluding hydrogens is 160 g/mol. The molecule has 4 nitrogen and oxygen atoms in total. The first kappa shape index (κ1) is 6.84. The molecule has 0 aliphatic carbocycles. The Bertz CT molecular complexity index is 475. The van der Waals surface area contributed by atoms with Crippen molar-refractivity contribution in [2.75, 3.05) is 0 Å². The summed E-state index contributed by atoms with van der Waals surface area (Å²) in [6, 6.07) is 2.36. The van der Waals surface area contributed by atoms with Crippen LogP contribution in [0.5, 0.6) is 0 Å². The van der Waals surface area contributed by atoms with E-state index >= 15 is 0 Å². The minimum atomic E-state index is -0.384. The summed E-state index contributed by atoms with van der Waals surface area (Å²) in [7, 11) is 0. The zero-order valence-corrected chi connectivity index (χ0v) is 5.94. The third-order valence-electron chi connectivity index (χ3n) is 1.49. The molecule has 0 amide bonds. The molecule has 0 saturated heterocycles. The molecule has 0 spiro atoms. The van der Waals surface area contributed by atoms with E-state index < -0.39 is 0 Å². The highest BCUT2D eigenvalue weighted by Gasteiger charge is 2.04. The van der Waals surface area contributed by atoms with Crippen molar-refractivity contribution in [2.24, 2.45) is 0 Å². The SMILES string of the molecule is O=c1ccoc2occc(=O)c12. The van der Waals surface area contributed by atoms with Gasteiger partial charge in [0.2, 0.25) is 0 Å². The summed E-state index contributed by atoms with van der Waals surface area (Å²) in [5, 5.41) is -0.0417. The van der Waals surface area contributed by atoms with Gasteiger partial charge in [-0.15, -0.1) is 0 Å². The standard InChI is InChI=1S/C8H4O4/c9-5-1-3-11-8-7(5)6(10)2-4-12-8/h1-4H. The molecule has 2 heterocycles. The Morgan fingerprint density at radius 1 is 0.917 bits per heavy atom. The van der Waals surface area contributed by atoms with Gasteiger partial charge in [-0.25, -0.2) is 0 Å². The fraction of sp³-hybridized carbons (Fsp3) is 0. The molecule has 0 radical (unpaired) electrons. The van der Waals surface area contributed by atoms with E-state index in [9.17, 15) is 9.59 Å². The second-order valence-electron chi connectivity index (χ2n) is 2.23. The first-order valence-corrected chi connectivity index (χ1v) is 3.28. The largest absolute Gasteiger partial charge is 0.433 e. The lowest BCUT2D eigenvalue weighted by atomic mass is 10.3. The molecule has 2 aromatic rings. The van der Waals surface area contributed by atoms with Gasteiger partial charge in [0.15, 0.2) is 16.2 Å². The van der Waals surface area contributed by atoms with E-state index in [1.54, 1.807) is 0 Å². The van der Waals surface area contributed by atoms with Crippen molar-refractivity contribution in [3.63, 3.8) is 0 Å². The van der Waals surface area contributed by atoms with Crippen LogP contribution < -0.4 is 10.9 Å².